The van der Waals surface area contributed by atoms with E-state index in [-0.39, 0.29) is 11.2 Å². The first kappa shape index (κ1) is 19.2. The monoisotopic (exact) mass is 384 g/mol. The summed E-state index contributed by atoms with van der Waals surface area (Å²) in [6.07, 6.45) is 10.6. The highest BCUT2D eigenvalue weighted by molar-refractivity contribution is 8.00. The molecule has 4 nitrogen and oxygen atoms in total. The van der Waals surface area contributed by atoms with Crippen molar-refractivity contribution in [2.24, 2.45) is 0 Å². The van der Waals surface area contributed by atoms with Crippen molar-refractivity contribution in [1.29, 1.82) is 0 Å². The van der Waals surface area contributed by atoms with Crippen LogP contribution in [0, 0.1) is 5.82 Å². The molecule has 1 unspecified atom stereocenters. The highest BCUT2D eigenvalue weighted by Crippen LogP contribution is 2.29. The number of benzene rings is 1. The highest BCUT2D eigenvalue weighted by atomic mass is 32.2. The van der Waals surface area contributed by atoms with Crippen LogP contribution in [0.2, 0.25) is 0 Å². The Kier molecular flexibility index (Phi) is 6.65. The maximum absolute atomic E-state index is 13.0. The van der Waals surface area contributed by atoms with Crippen molar-refractivity contribution < 1.29 is 14.3 Å². The van der Waals surface area contributed by atoms with E-state index >= 15 is 0 Å². The number of nitrogens with zero attached hydrogens (tertiary/aromatic N) is 2. The normalized spacial score (nSPS) is 16.3. The van der Waals surface area contributed by atoms with Crippen molar-refractivity contribution in [3.05, 3.63) is 89.7 Å². The molecule has 1 aliphatic heterocycles. The maximum Gasteiger partial charge on any atom is 0.334 e. The van der Waals surface area contributed by atoms with Crippen LogP contribution in [0.3, 0.4) is 0 Å². The number of thioether (sulfide) groups is 1. The van der Waals surface area contributed by atoms with Crippen molar-refractivity contribution in [3.63, 3.8) is 0 Å². The predicted molar refractivity (Wildman–Crippen MR) is 106 cm³/mol. The van der Waals surface area contributed by atoms with Gasteiger partial charge in [0.2, 0.25) is 0 Å². The smallest absolute Gasteiger partial charge is 0.334 e. The number of pyridine rings is 1. The molecule has 0 aliphatic carbocycles. The minimum absolute atomic E-state index is 0.232. The van der Waals surface area contributed by atoms with Crippen molar-refractivity contribution in [1.82, 2.24) is 9.88 Å². The lowest BCUT2D eigenvalue weighted by molar-refractivity contribution is -0.133. The molecule has 0 radical (unpaired) electrons. The van der Waals surface area contributed by atoms with Gasteiger partial charge >= 0.3 is 5.97 Å². The summed E-state index contributed by atoms with van der Waals surface area (Å²) in [6.45, 7) is 0.602. The number of hydrogen-bond acceptors (Lipinski definition) is 4. The Morgan fingerprint density at radius 2 is 2.04 bits per heavy atom. The third-order valence-electron chi connectivity index (χ3n) is 4.25. The maximum atomic E-state index is 13.0. The van der Waals surface area contributed by atoms with Crippen molar-refractivity contribution in [2.75, 3.05) is 5.75 Å². The molecule has 1 aromatic heterocycles. The number of aliphatic carboxylic acids is 1. The third-order valence-corrected chi connectivity index (χ3v) is 5.62. The Bertz CT molecular complexity index is 822. The quantitative estimate of drug-likeness (QED) is 0.690. The van der Waals surface area contributed by atoms with Gasteiger partial charge in [0.05, 0.1) is 5.57 Å². The van der Waals surface area contributed by atoms with Gasteiger partial charge in [-0.05, 0) is 60.1 Å². The number of allylic oxidation sites excluding steroid dienone is 2. The lowest BCUT2D eigenvalue weighted by Gasteiger charge is -2.32. The van der Waals surface area contributed by atoms with E-state index in [4.69, 9.17) is 0 Å². The van der Waals surface area contributed by atoms with Gasteiger partial charge in [0.15, 0.2) is 0 Å². The Balaban J connectivity index is 1.60. The molecule has 0 spiro atoms. The number of carboxylic acids is 1. The van der Waals surface area contributed by atoms with Crippen LogP contribution < -0.4 is 0 Å². The van der Waals surface area contributed by atoms with Crippen LogP contribution in [0.15, 0.2) is 72.7 Å². The molecular weight excluding hydrogens is 363 g/mol. The van der Waals surface area contributed by atoms with Crippen molar-refractivity contribution >= 4 is 17.7 Å². The van der Waals surface area contributed by atoms with E-state index in [0.29, 0.717) is 12.1 Å². The summed E-state index contributed by atoms with van der Waals surface area (Å²) in [5.41, 5.74) is 2.50. The summed E-state index contributed by atoms with van der Waals surface area (Å²) in [7, 11) is 0. The lowest BCUT2D eigenvalue weighted by atomic mass is 10.1. The fraction of sp³-hybridized carbons (Fsp3) is 0.238. The van der Waals surface area contributed by atoms with Gasteiger partial charge in [0, 0.05) is 25.1 Å². The average molecular weight is 384 g/mol. The van der Waals surface area contributed by atoms with Crippen LogP contribution in [0.5, 0.6) is 0 Å². The second kappa shape index (κ2) is 9.37. The molecule has 0 saturated carbocycles. The second-order valence-electron chi connectivity index (χ2n) is 6.26. The molecular formula is C21H21FN2O2S. The van der Waals surface area contributed by atoms with E-state index in [1.54, 1.807) is 48.4 Å². The van der Waals surface area contributed by atoms with Crippen LogP contribution in [0.25, 0.3) is 0 Å². The number of carbonyl (C=O) groups is 1. The second-order valence-corrected chi connectivity index (χ2v) is 7.44. The summed E-state index contributed by atoms with van der Waals surface area (Å²) in [6, 6.07) is 10.4. The van der Waals surface area contributed by atoms with Crippen molar-refractivity contribution in [2.45, 2.75) is 24.8 Å². The first-order valence-corrected chi connectivity index (χ1v) is 9.81. The number of aryl methyl sites for hydroxylation is 1. The van der Waals surface area contributed by atoms with E-state index in [0.717, 1.165) is 29.7 Å². The molecule has 0 fully saturated rings. The molecule has 27 heavy (non-hydrogen) atoms. The van der Waals surface area contributed by atoms with Gasteiger partial charge in [-0.2, -0.15) is 0 Å². The number of halogens is 1. The van der Waals surface area contributed by atoms with Crippen LogP contribution in [0.1, 0.15) is 17.5 Å². The SMILES string of the molecule is O=C(O)C1=CC=CN(Cc2cccnc2)C1SCCCc1ccc(F)cc1. The van der Waals surface area contributed by atoms with Crippen molar-refractivity contribution in [3.8, 4) is 0 Å². The van der Waals surface area contributed by atoms with E-state index in [2.05, 4.69) is 4.98 Å². The summed E-state index contributed by atoms with van der Waals surface area (Å²) >= 11 is 1.61. The molecule has 6 heteroatoms. The predicted octanol–water partition coefficient (Wildman–Crippen LogP) is 4.25. The molecule has 1 N–H and O–H groups in total. The molecule has 0 amide bonds. The van der Waals surface area contributed by atoms with E-state index in [9.17, 15) is 14.3 Å². The fourth-order valence-corrected chi connectivity index (χ4v) is 4.15. The van der Waals surface area contributed by atoms with Gasteiger partial charge in [0.25, 0.3) is 0 Å². The number of aromatic nitrogens is 1. The Hall–Kier alpha value is -2.60. The van der Waals surface area contributed by atoms with E-state index in [1.165, 1.54) is 12.1 Å². The van der Waals surface area contributed by atoms with E-state index in [1.807, 2.05) is 23.2 Å². The van der Waals surface area contributed by atoms with Crippen LogP contribution in [-0.2, 0) is 17.8 Å². The lowest BCUT2D eigenvalue weighted by Crippen LogP contribution is -2.34. The summed E-state index contributed by atoms with van der Waals surface area (Å²) in [5.74, 6) is -0.319. The van der Waals surface area contributed by atoms with Gasteiger partial charge in [-0.25, -0.2) is 9.18 Å². The standard InChI is InChI=1S/C21H21FN2O2S/c22-18-9-7-16(8-10-18)5-3-13-27-20-19(21(25)26)6-2-12-24(20)15-17-4-1-11-23-14-17/h1-2,4,6-12,14,20H,3,5,13,15H2,(H,25,26). The summed E-state index contributed by atoms with van der Waals surface area (Å²) in [4.78, 5) is 17.8. The Labute approximate surface area is 162 Å². The molecule has 1 atom stereocenters. The van der Waals surface area contributed by atoms with Gasteiger partial charge in [-0.3, -0.25) is 4.98 Å². The fourth-order valence-electron chi connectivity index (χ4n) is 2.92. The van der Waals surface area contributed by atoms with Gasteiger partial charge in [0.1, 0.15) is 11.2 Å². The molecule has 3 rings (SSSR count). The van der Waals surface area contributed by atoms with Crippen LogP contribution in [-0.4, -0.2) is 32.1 Å². The molecule has 140 valence electrons. The topological polar surface area (TPSA) is 53.4 Å². The third kappa shape index (κ3) is 5.44. The zero-order valence-corrected chi connectivity index (χ0v) is 15.6. The first-order valence-electron chi connectivity index (χ1n) is 8.76. The summed E-state index contributed by atoms with van der Waals surface area (Å²) in [5, 5.41) is 9.31. The van der Waals surface area contributed by atoms with E-state index < -0.39 is 5.97 Å². The molecule has 1 aliphatic rings. The zero-order valence-electron chi connectivity index (χ0n) is 14.8. The minimum Gasteiger partial charge on any atom is -0.478 e. The molecule has 1 aromatic carbocycles. The molecule has 2 aromatic rings. The number of carboxylic acid groups (broad SMARTS) is 1. The average Bonchev–Trinajstić information content (AvgIpc) is 2.68. The Morgan fingerprint density at radius 1 is 1.22 bits per heavy atom. The zero-order chi connectivity index (χ0) is 19.1. The molecule has 2 heterocycles. The van der Waals surface area contributed by atoms with Crippen LogP contribution >= 0.6 is 11.8 Å². The minimum atomic E-state index is -0.897. The van der Waals surface area contributed by atoms with Gasteiger partial charge < -0.3 is 10.0 Å². The number of hydrogen-bond donors (Lipinski definition) is 1. The van der Waals surface area contributed by atoms with Gasteiger partial charge in [-0.1, -0.05) is 18.2 Å². The highest BCUT2D eigenvalue weighted by Gasteiger charge is 2.27. The van der Waals surface area contributed by atoms with Crippen LogP contribution in [0.4, 0.5) is 4.39 Å². The Morgan fingerprint density at radius 3 is 2.74 bits per heavy atom. The molecule has 0 bridgehead atoms. The van der Waals surface area contributed by atoms with Gasteiger partial charge in [-0.15, -0.1) is 11.8 Å². The largest absolute Gasteiger partial charge is 0.478 e. The summed E-state index contributed by atoms with van der Waals surface area (Å²) < 4.78 is 13.0. The first-order chi connectivity index (χ1) is 13.1. The molecule has 0 saturated heterocycles. The number of rotatable bonds is 8.